The molecule has 0 spiro atoms. The van der Waals surface area contributed by atoms with Crippen LogP contribution >= 0.6 is 11.3 Å². The van der Waals surface area contributed by atoms with Gasteiger partial charge in [0.25, 0.3) is 5.91 Å². The monoisotopic (exact) mass is 303 g/mol. The first-order chi connectivity index (χ1) is 10.1. The molecule has 1 aliphatic heterocycles. The fourth-order valence-electron chi connectivity index (χ4n) is 2.88. The number of aromatic nitrogens is 2. The molecule has 0 radical (unpaired) electrons. The number of thiazole rings is 1. The molecule has 0 aliphatic carbocycles. The number of hydrogen-bond donors (Lipinski definition) is 1. The van der Waals surface area contributed by atoms with Gasteiger partial charge in [0.1, 0.15) is 4.88 Å². The summed E-state index contributed by atoms with van der Waals surface area (Å²) in [5.74, 6) is 0.502. The van der Waals surface area contributed by atoms with E-state index in [9.17, 15) is 4.79 Å². The Morgan fingerprint density at radius 3 is 2.95 bits per heavy atom. The van der Waals surface area contributed by atoms with E-state index >= 15 is 0 Å². The van der Waals surface area contributed by atoms with Gasteiger partial charge in [-0.2, -0.15) is 0 Å². The average molecular weight is 303 g/mol. The Morgan fingerprint density at radius 1 is 1.52 bits per heavy atom. The van der Waals surface area contributed by atoms with Crippen molar-refractivity contribution >= 4 is 17.2 Å². The minimum atomic E-state index is 0.133. The SMILES string of the molecule is Cc1nc(C(C)C)sc1C(=O)N1CCC[C@@H]1c1ccc[nH]1. The van der Waals surface area contributed by atoms with Crippen LogP contribution < -0.4 is 0 Å². The molecule has 5 heteroatoms. The van der Waals surface area contributed by atoms with Crippen LogP contribution in [-0.2, 0) is 0 Å². The smallest absolute Gasteiger partial charge is 0.266 e. The molecular formula is C16H21N3OS. The second-order valence-corrected chi connectivity index (χ2v) is 6.93. The zero-order valence-corrected chi connectivity index (χ0v) is 13.5. The molecule has 0 aromatic carbocycles. The summed E-state index contributed by atoms with van der Waals surface area (Å²) < 4.78 is 0. The molecule has 112 valence electrons. The Hall–Kier alpha value is -1.62. The first-order valence-electron chi connectivity index (χ1n) is 7.49. The summed E-state index contributed by atoms with van der Waals surface area (Å²) >= 11 is 1.55. The average Bonchev–Trinajstić information content (AvgIpc) is 3.17. The maximum absolute atomic E-state index is 12.9. The van der Waals surface area contributed by atoms with Gasteiger partial charge in [-0.15, -0.1) is 11.3 Å². The number of H-pyrrole nitrogens is 1. The van der Waals surface area contributed by atoms with Crippen molar-refractivity contribution in [1.82, 2.24) is 14.9 Å². The zero-order valence-electron chi connectivity index (χ0n) is 12.7. The van der Waals surface area contributed by atoms with Crippen LogP contribution in [0.4, 0.5) is 0 Å². The first-order valence-corrected chi connectivity index (χ1v) is 8.31. The van der Waals surface area contributed by atoms with E-state index in [-0.39, 0.29) is 11.9 Å². The van der Waals surface area contributed by atoms with Gasteiger partial charge in [0, 0.05) is 24.4 Å². The topological polar surface area (TPSA) is 49.0 Å². The van der Waals surface area contributed by atoms with Crippen molar-refractivity contribution in [3.63, 3.8) is 0 Å². The molecule has 0 bridgehead atoms. The number of amides is 1. The van der Waals surface area contributed by atoms with Crippen molar-refractivity contribution in [1.29, 1.82) is 0 Å². The van der Waals surface area contributed by atoms with Gasteiger partial charge in [-0.1, -0.05) is 13.8 Å². The lowest BCUT2D eigenvalue weighted by Gasteiger charge is -2.23. The number of nitrogens with one attached hydrogen (secondary N) is 1. The predicted molar refractivity (Wildman–Crippen MR) is 84.7 cm³/mol. The Balaban J connectivity index is 1.87. The lowest BCUT2D eigenvalue weighted by Crippen LogP contribution is -2.30. The maximum Gasteiger partial charge on any atom is 0.266 e. The lowest BCUT2D eigenvalue weighted by molar-refractivity contribution is 0.0737. The highest BCUT2D eigenvalue weighted by Gasteiger charge is 2.33. The second-order valence-electron chi connectivity index (χ2n) is 5.90. The number of carbonyl (C=O) groups is 1. The number of likely N-dealkylation sites (tertiary alicyclic amines) is 1. The summed E-state index contributed by atoms with van der Waals surface area (Å²) in [4.78, 5) is 23.5. The third kappa shape index (κ3) is 2.62. The summed E-state index contributed by atoms with van der Waals surface area (Å²) in [6.45, 7) is 7.00. The molecule has 4 nitrogen and oxygen atoms in total. The van der Waals surface area contributed by atoms with Crippen LogP contribution in [0, 0.1) is 6.92 Å². The summed E-state index contributed by atoms with van der Waals surface area (Å²) in [7, 11) is 0. The standard InChI is InChI=1S/C16H21N3OS/c1-10(2)15-18-11(3)14(21-15)16(20)19-9-5-7-13(19)12-6-4-8-17-12/h4,6,8,10,13,17H,5,7,9H2,1-3H3/t13-/m1/s1. The van der Waals surface area contributed by atoms with Crippen LogP contribution in [0.5, 0.6) is 0 Å². The molecule has 1 amide bonds. The van der Waals surface area contributed by atoms with Gasteiger partial charge in [-0.3, -0.25) is 4.79 Å². The fraction of sp³-hybridized carbons (Fsp3) is 0.500. The molecule has 0 unspecified atom stereocenters. The predicted octanol–water partition coefficient (Wildman–Crippen LogP) is 3.88. The van der Waals surface area contributed by atoms with Crippen molar-refractivity contribution in [2.75, 3.05) is 6.54 Å². The van der Waals surface area contributed by atoms with Crippen molar-refractivity contribution in [2.45, 2.75) is 45.6 Å². The van der Waals surface area contributed by atoms with E-state index in [1.165, 1.54) is 0 Å². The van der Waals surface area contributed by atoms with E-state index < -0.39 is 0 Å². The Kier molecular flexibility index (Phi) is 3.85. The molecule has 2 aromatic heterocycles. The summed E-state index contributed by atoms with van der Waals surface area (Å²) in [5.41, 5.74) is 2.00. The van der Waals surface area contributed by atoms with Gasteiger partial charge in [0.15, 0.2) is 0 Å². The fourth-order valence-corrected chi connectivity index (χ4v) is 3.90. The number of rotatable bonds is 3. The molecule has 1 atom stereocenters. The van der Waals surface area contributed by atoms with Crippen LogP contribution in [0.2, 0.25) is 0 Å². The summed E-state index contributed by atoms with van der Waals surface area (Å²) in [5, 5.41) is 1.05. The molecule has 3 heterocycles. The van der Waals surface area contributed by atoms with Crippen LogP contribution in [0.1, 0.15) is 64.7 Å². The highest BCUT2D eigenvalue weighted by Crippen LogP contribution is 2.34. The van der Waals surface area contributed by atoms with Crippen molar-refractivity contribution in [3.8, 4) is 0 Å². The summed E-state index contributed by atoms with van der Waals surface area (Å²) in [6.07, 6.45) is 4.01. The van der Waals surface area contributed by atoms with E-state index in [1.54, 1.807) is 11.3 Å². The van der Waals surface area contributed by atoms with Crippen molar-refractivity contribution in [2.24, 2.45) is 0 Å². The van der Waals surface area contributed by atoms with Crippen LogP contribution in [0.25, 0.3) is 0 Å². The molecule has 2 aromatic rings. The summed E-state index contributed by atoms with van der Waals surface area (Å²) in [6, 6.07) is 4.23. The van der Waals surface area contributed by atoms with Gasteiger partial charge in [0.2, 0.25) is 0 Å². The van der Waals surface area contributed by atoms with E-state index in [0.717, 1.165) is 40.7 Å². The molecule has 1 aliphatic rings. The van der Waals surface area contributed by atoms with E-state index in [2.05, 4.69) is 29.9 Å². The van der Waals surface area contributed by atoms with Gasteiger partial charge >= 0.3 is 0 Å². The minimum Gasteiger partial charge on any atom is -0.363 e. The molecule has 1 N–H and O–H groups in total. The van der Waals surface area contributed by atoms with Crippen molar-refractivity contribution < 1.29 is 4.79 Å². The Morgan fingerprint density at radius 2 is 2.33 bits per heavy atom. The van der Waals surface area contributed by atoms with Crippen LogP contribution in [0.3, 0.4) is 0 Å². The third-order valence-electron chi connectivity index (χ3n) is 4.00. The highest BCUT2D eigenvalue weighted by atomic mass is 32.1. The highest BCUT2D eigenvalue weighted by molar-refractivity contribution is 7.13. The molecule has 21 heavy (non-hydrogen) atoms. The number of aryl methyl sites for hydroxylation is 1. The van der Waals surface area contributed by atoms with Gasteiger partial charge in [-0.25, -0.2) is 4.98 Å². The number of hydrogen-bond acceptors (Lipinski definition) is 3. The van der Waals surface area contributed by atoms with Crippen LogP contribution in [-0.4, -0.2) is 27.3 Å². The van der Waals surface area contributed by atoms with Gasteiger partial charge < -0.3 is 9.88 Å². The first kappa shape index (κ1) is 14.3. The molecule has 3 rings (SSSR count). The molecular weight excluding hydrogens is 282 g/mol. The third-order valence-corrected chi connectivity index (χ3v) is 5.44. The van der Waals surface area contributed by atoms with Crippen molar-refractivity contribution in [3.05, 3.63) is 39.6 Å². The van der Waals surface area contributed by atoms with E-state index in [0.29, 0.717) is 5.92 Å². The molecule has 0 saturated carbocycles. The zero-order chi connectivity index (χ0) is 15.0. The molecule has 1 saturated heterocycles. The number of carbonyl (C=O) groups excluding carboxylic acids is 1. The van der Waals surface area contributed by atoms with E-state index in [1.807, 2.05) is 24.1 Å². The maximum atomic E-state index is 12.9. The molecule has 1 fully saturated rings. The van der Waals surface area contributed by atoms with Gasteiger partial charge in [-0.05, 0) is 31.9 Å². The number of aromatic amines is 1. The largest absolute Gasteiger partial charge is 0.363 e. The second kappa shape index (κ2) is 5.64. The van der Waals surface area contributed by atoms with Gasteiger partial charge in [0.05, 0.1) is 16.7 Å². The normalized spacial score (nSPS) is 18.7. The van der Waals surface area contributed by atoms with Crippen LogP contribution in [0.15, 0.2) is 18.3 Å². The number of nitrogens with zero attached hydrogens (tertiary/aromatic N) is 2. The Labute approximate surface area is 129 Å². The lowest BCUT2D eigenvalue weighted by atomic mass is 10.1. The Bertz CT molecular complexity index is 630. The quantitative estimate of drug-likeness (QED) is 0.935. The van der Waals surface area contributed by atoms with E-state index in [4.69, 9.17) is 0 Å². The minimum absolute atomic E-state index is 0.133.